The Bertz CT molecular complexity index is 2650. The quantitative estimate of drug-likeness (QED) is 0.115. The van der Waals surface area contributed by atoms with Crippen LogP contribution in [0.1, 0.15) is 60.4 Å². The first-order valence-corrected chi connectivity index (χ1v) is 21.0. The van der Waals surface area contributed by atoms with Gasteiger partial charge in [-0.25, -0.2) is 0 Å². The minimum atomic E-state index is -0.189. The van der Waals surface area contributed by atoms with E-state index in [4.69, 9.17) is 4.74 Å². The number of ether oxygens (including phenoxy) is 1. The fourth-order valence-electron chi connectivity index (χ4n) is 6.96. The number of hydrogen-bond donors (Lipinski definition) is 0. The van der Waals surface area contributed by atoms with Gasteiger partial charge in [0.1, 0.15) is 5.76 Å². The molecule has 0 saturated heterocycles. The van der Waals surface area contributed by atoms with E-state index in [9.17, 15) is 14.4 Å². The SMILES string of the molecule is C1=C(c2ccccc2)OC(c2ccccc2)N1c1ccccc1.O=C(CCc1ccccc1)c1ccccc1.O=C(CN(C(=O)c1ccccc1)c1ccccc1)c1ccccc1. The lowest BCUT2D eigenvalue weighted by molar-refractivity contribution is 0.0937. The molecule has 0 bridgehead atoms. The maximum absolute atomic E-state index is 12.9. The number of anilines is 2. The number of rotatable bonds is 12. The monoisotopic (exact) mass is 824 g/mol. The molecular formula is C57H48N2O4. The van der Waals surface area contributed by atoms with Gasteiger partial charge >= 0.3 is 0 Å². The number of amides is 1. The van der Waals surface area contributed by atoms with Crippen LogP contribution in [-0.2, 0) is 11.2 Å². The summed E-state index contributed by atoms with van der Waals surface area (Å²) in [6.07, 6.45) is 3.33. The summed E-state index contributed by atoms with van der Waals surface area (Å²) in [6.45, 7) is 0.00174. The van der Waals surface area contributed by atoms with E-state index in [1.54, 1.807) is 24.3 Å². The average molecular weight is 825 g/mol. The zero-order valence-electron chi connectivity index (χ0n) is 34.9. The van der Waals surface area contributed by atoms with Gasteiger partial charge in [-0.1, -0.05) is 206 Å². The topological polar surface area (TPSA) is 66.9 Å². The molecule has 1 unspecified atom stereocenters. The summed E-state index contributed by atoms with van der Waals surface area (Å²) < 4.78 is 6.29. The molecule has 0 saturated carbocycles. The third-order valence-corrected chi connectivity index (χ3v) is 10.3. The van der Waals surface area contributed by atoms with Gasteiger partial charge in [0.15, 0.2) is 11.6 Å². The van der Waals surface area contributed by atoms with Gasteiger partial charge in [-0.15, -0.1) is 0 Å². The van der Waals surface area contributed by atoms with Gasteiger partial charge in [0, 0.05) is 45.6 Å². The standard InChI is InChI=1S/C21H17NO2.C21H17NO.C15H14O/c23-20(17-10-4-1-5-11-17)16-22(19-14-8-3-9-15-19)21(24)18-12-6-2-7-13-18;1-4-10-17(11-5-1)20-16-22(19-14-8-3-9-15-19)21(23-20)18-12-6-2-7-13-18;16-15(14-9-5-2-6-10-14)12-11-13-7-3-1-4-8-13/h1-15H,16H2;1-16,21H;1-10H,11-12H2. The van der Waals surface area contributed by atoms with E-state index in [1.165, 1.54) is 10.5 Å². The zero-order valence-corrected chi connectivity index (χ0v) is 34.9. The molecule has 8 aromatic carbocycles. The Balaban J connectivity index is 0.000000145. The molecule has 9 rings (SSSR count). The molecular weight excluding hydrogens is 777 g/mol. The van der Waals surface area contributed by atoms with Crippen molar-refractivity contribution in [2.24, 2.45) is 0 Å². The first-order valence-electron chi connectivity index (χ1n) is 21.0. The first kappa shape index (κ1) is 43.0. The fourth-order valence-corrected chi connectivity index (χ4v) is 6.96. The lowest BCUT2D eigenvalue weighted by Crippen LogP contribution is -2.35. The van der Waals surface area contributed by atoms with E-state index in [-0.39, 0.29) is 30.2 Å². The van der Waals surface area contributed by atoms with Gasteiger partial charge < -0.3 is 14.5 Å². The molecule has 0 aromatic heterocycles. The van der Waals surface area contributed by atoms with Crippen molar-refractivity contribution >= 4 is 34.6 Å². The summed E-state index contributed by atoms with van der Waals surface area (Å²) in [5.41, 5.74) is 7.22. The van der Waals surface area contributed by atoms with Crippen LogP contribution in [0.2, 0.25) is 0 Å². The number of Topliss-reactive ketones (excluding diaryl/α,β-unsaturated/α-hetero) is 2. The van der Waals surface area contributed by atoms with E-state index in [2.05, 4.69) is 59.6 Å². The lowest BCUT2D eigenvalue weighted by atomic mass is 10.0. The van der Waals surface area contributed by atoms with Crippen LogP contribution in [0.5, 0.6) is 0 Å². The maximum atomic E-state index is 12.9. The number of carbonyl (C=O) groups is 3. The van der Waals surface area contributed by atoms with Crippen molar-refractivity contribution in [3.8, 4) is 0 Å². The highest BCUT2D eigenvalue weighted by Crippen LogP contribution is 2.39. The lowest BCUT2D eigenvalue weighted by Gasteiger charge is -2.24. The van der Waals surface area contributed by atoms with Crippen molar-refractivity contribution in [1.29, 1.82) is 0 Å². The summed E-state index contributed by atoms with van der Waals surface area (Å²) in [7, 11) is 0. The van der Waals surface area contributed by atoms with E-state index in [0.29, 0.717) is 23.2 Å². The molecule has 0 N–H and O–H groups in total. The van der Waals surface area contributed by atoms with Gasteiger partial charge in [0.2, 0.25) is 6.23 Å². The number of carbonyl (C=O) groups excluding carboxylic acids is 3. The minimum Gasteiger partial charge on any atom is -0.464 e. The van der Waals surface area contributed by atoms with Crippen LogP contribution in [0.15, 0.2) is 249 Å². The Hall–Kier alpha value is -8.09. The van der Waals surface area contributed by atoms with Gasteiger partial charge in [-0.2, -0.15) is 0 Å². The molecule has 1 aliphatic heterocycles. The van der Waals surface area contributed by atoms with Crippen molar-refractivity contribution in [3.63, 3.8) is 0 Å². The van der Waals surface area contributed by atoms with Gasteiger partial charge in [0.25, 0.3) is 5.91 Å². The summed E-state index contributed by atoms with van der Waals surface area (Å²) >= 11 is 0. The summed E-state index contributed by atoms with van der Waals surface area (Å²) in [5, 5.41) is 0. The Morgan fingerprint density at radius 1 is 0.460 bits per heavy atom. The van der Waals surface area contributed by atoms with Crippen LogP contribution in [0, 0.1) is 0 Å². The van der Waals surface area contributed by atoms with E-state index in [1.807, 2.05) is 170 Å². The smallest absolute Gasteiger partial charge is 0.258 e. The number of para-hydroxylation sites is 2. The number of nitrogens with zero attached hydrogens (tertiary/aromatic N) is 2. The molecule has 0 fully saturated rings. The molecule has 0 radical (unpaired) electrons. The van der Waals surface area contributed by atoms with E-state index >= 15 is 0 Å². The number of aryl methyl sites for hydroxylation is 1. The molecule has 1 heterocycles. The second kappa shape index (κ2) is 22.5. The second-order valence-electron chi connectivity index (χ2n) is 14.6. The fraction of sp³-hybridized carbons (Fsp3) is 0.0702. The van der Waals surface area contributed by atoms with Gasteiger partial charge in [-0.3, -0.25) is 14.4 Å². The minimum absolute atomic E-state index is 0.00174. The third kappa shape index (κ3) is 12.2. The van der Waals surface area contributed by atoms with Crippen LogP contribution in [0.4, 0.5) is 11.4 Å². The molecule has 0 aliphatic carbocycles. The predicted octanol–water partition coefficient (Wildman–Crippen LogP) is 12.9. The van der Waals surface area contributed by atoms with Crippen molar-refractivity contribution in [2.75, 3.05) is 16.3 Å². The van der Waals surface area contributed by atoms with Gasteiger partial charge in [0.05, 0.1) is 12.7 Å². The summed E-state index contributed by atoms with van der Waals surface area (Å²) in [4.78, 5) is 41.0. The number of benzene rings is 8. The van der Waals surface area contributed by atoms with Crippen LogP contribution in [0.3, 0.4) is 0 Å². The normalized spacial score (nSPS) is 12.5. The molecule has 63 heavy (non-hydrogen) atoms. The Labute approximate surface area is 370 Å². The Morgan fingerprint density at radius 3 is 1.43 bits per heavy atom. The number of ketones is 2. The van der Waals surface area contributed by atoms with Crippen molar-refractivity contribution in [2.45, 2.75) is 19.1 Å². The highest BCUT2D eigenvalue weighted by molar-refractivity contribution is 6.11. The van der Waals surface area contributed by atoms with Crippen LogP contribution in [0.25, 0.3) is 5.76 Å². The molecule has 310 valence electrons. The zero-order chi connectivity index (χ0) is 43.5. The Morgan fingerprint density at radius 2 is 0.889 bits per heavy atom. The molecule has 1 aliphatic rings. The average Bonchev–Trinajstić information content (AvgIpc) is 3.83. The highest BCUT2D eigenvalue weighted by atomic mass is 16.5. The maximum Gasteiger partial charge on any atom is 0.258 e. The van der Waals surface area contributed by atoms with E-state index < -0.39 is 0 Å². The van der Waals surface area contributed by atoms with Gasteiger partial charge in [-0.05, 0) is 48.4 Å². The predicted molar refractivity (Wildman–Crippen MR) is 254 cm³/mol. The molecule has 6 heteroatoms. The highest BCUT2D eigenvalue weighted by Gasteiger charge is 2.29. The van der Waals surface area contributed by atoms with Crippen molar-refractivity contribution in [1.82, 2.24) is 0 Å². The molecule has 1 atom stereocenters. The molecule has 6 nitrogen and oxygen atoms in total. The second-order valence-corrected chi connectivity index (χ2v) is 14.6. The van der Waals surface area contributed by atoms with Crippen LogP contribution in [-0.4, -0.2) is 24.0 Å². The molecule has 1 amide bonds. The first-order chi connectivity index (χ1) is 31.0. The third-order valence-electron chi connectivity index (χ3n) is 10.3. The summed E-state index contributed by atoms with van der Waals surface area (Å²) in [6, 6.07) is 77.7. The number of hydrogen-bond acceptors (Lipinski definition) is 5. The summed E-state index contributed by atoms with van der Waals surface area (Å²) in [5.74, 6) is 0.822. The van der Waals surface area contributed by atoms with E-state index in [0.717, 1.165) is 34.6 Å². The van der Waals surface area contributed by atoms with Crippen LogP contribution >= 0.6 is 0 Å². The van der Waals surface area contributed by atoms with Crippen LogP contribution < -0.4 is 9.80 Å². The van der Waals surface area contributed by atoms with Crippen molar-refractivity contribution < 1.29 is 19.1 Å². The molecule has 0 spiro atoms. The molecule has 8 aromatic rings. The Kier molecular flexibility index (Phi) is 15.4. The largest absolute Gasteiger partial charge is 0.464 e. The van der Waals surface area contributed by atoms with Crippen molar-refractivity contribution in [3.05, 3.63) is 282 Å².